The van der Waals surface area contributed by atoms with Gasteiger partial charge in [0.25, 0.3) is 0 Å². The van der Waals surface area contributed by atoms with E-state index in [0.717, 1.165) is 18.4 Å². The first-order chi connectivity index (χ1) is 21.2. The molecule has 0 radical (unpaired) electrons. The van der Waals surface area contributed by atoms with Crippen LogP contribution in [0.2, 0.25) is 0 Å². The number of nitrogens with one attached hydrogen (secondary N) is 1. The molecule has 45 heavy (non-hydrogen) atoms. The highest BCUT2D eigenvalue weighted by atomic mass is 16.6. The Balaban J connectivity index is 1.61. The molecule has 1 aromatic carbocycles. The Bertz CT molecular complexity index is 1700. The molecule has 1 amide bonds. The van der Waals surface area contributed by atoms with Gasteiger partial charge in [0.05, 0.1) is 0 Å². The summed E-state index contributed by atoms with van der Waals surface area (Å²) in [5.74, 6) is 0.647. The Morgan fingerprint density at radius 1 is 1.00 bits per heavy atom. The van der Waals surface area contributed by atoms with Crippen molar-refractivity contribution in [2.24, 2.45) is 28.6 Å². The van der Waals surface area contributed by atoms with Gasteiger partial charge in [0.15, 0.2) is 11.5 Å². The number of esters is 1. The highest BCUT2D eigenvalue weighted by Crippen LogP contribution is 2.50. The van der Waals surface area contributed by atoms with Crippen molar-refractivity contribution >= 4 is 23.5 Å². The zero-order valence-electron chi connectivity index (χ0n) is 27.3. The Hall–Kier alpha value is -4.65. The Morgan fingerprint density at radius 3 is 2.18 bits per heavy atom. The number of pyridine rings is 1. The largest absolute Gasteiger partial charge is 0.458 e. The molecular formula is C35H42N6O4. The summed E-state index contributed by atoms with van der Waals surface area (Å²) in [4.78, 5) is 37.8. The SMILES string of the molecule is CC1CC(C(C)(C)C)C(OC(=O)c2c(C#N)c(OC(=O)N(C)c3ccccn3)n3[nH]c(-c4ccccc4)nc23)C(C(C)(C)C)C1. The molecular weight excluding hydrogens is 568 g/mol. The second kappa shape index (κ2) is 12.0. The number of carbonyl (C=O) groups is 2. The van der Waals surface area contributed by atoms with Crippen LogP contribution in [-0.2, 0) is 4.74 Å². The Morgan fingerprint density at radius 2 is 1.62 bits per heavy atom. The van der Waals surface area contributed by atoms with E-state index >= 15 is 0 Å². The van der Waals surface area contributed by atoms with E-state index in [0.29, 0.717) is 17.6 Å². The minimum Gasteiger partial charge on any atom is -0.458 e. The highest BCUT2D eigenvalue weighted by molar-refractivity contribution is 6.01. The molecule has 3 heterocycles. The lowest BCUT2D eigenvalue weighted by Gasteiger charge is -2.50. The number of carbonyl (C=O) groups excluding carboxylic acids is 2. The molecule has 5 rings (SSSR count). The summed E-state index contributed by atoms with van der Waals surface area (Å²) < 4.78 is 13.7. The molecule has 2 atom stereocenters. The van der Waals surface area contributed by atoms with Crippen molar-refractivity contribution in [2.45, 2.75) is 67.4 Å². The fourth-order valence-electron chi connectivity index (χ4n) is 6.45. The molecule has 0 bridgehead atoms. The monoisotopic (exact) mass is 610 g/mol. The van der Waals surface area contributed by atoms with E-state index in [4.69, 9.17) is 14.5 Å². The molecule has 1 saturated carbocycles. The first-order valence-electron chi connectivity index (χ1n) is 15.4. The van der Waals surface area contributed by atoms with Gasteiger partial charge in [-0.1, -0.05) is 84.9 Å². The Labute approximate surface area is 264 Å². The maximum absolute atomic E-state index is 14.3. The van der Waals surface area contributed by atoms with E-state index in [1.54, 1.807) is 24.4 Å². The third-order valence-corrected chi connectivity index (χ3v) is 8.93. The van der Waals surface area contributed by atoms with Crippen LogP contribution < -0.4 is 9.64 Å². The molecule has 10 nitrogen and oxygen atoms in total. The predicted octanol–water partition coefficient (Wildman–Crippen LogP) is 7.51. The van der Waals surface area contributed by atoms with Crippen LogP contribution in [0.3, 0.4) is 0 Å². The van der Waals surface area contributed by atoms with Crippen LogP contribution >= 0.6 is 0 Å². The number of aromatic amines is 1. The number of aromatic nitrogens is 4. The minimum absolute atomic E-state index is 0.0434. The van der Waals surface area contributed by atoms with Crippen molar-refractivity contribution in [3.8, 4) is 23.3 Å². The van der Waals surface area contributed by atoms with Crippen LogP contribution in [0.15, 0.2) is 54.7 Å². The summed E-state index contributed by atoms with van der Waals surface area (Å²) in [6.45, 7) is 15.4. The molecule has 0 spiro atoms. The first-order valence-corrected chi connectivity index (χ1v) is 15.4. The number of H-pyrrole nitrogens is 1. The molecule has 10 heteroatoms. The number of benzene rings is 1. The van der Waals surface area contributed by atoms with Gasteiger partial charge < -0.3 is 9.47 Å². The van der Waals surface area contributed by atoms with E-state index in [1.807, 2.05) is 30.3 Å². The van der Waals surface area contributed by atoms with Gasteiger partial charge in [-0.05, 0) is 41.7 Å². The van der Waals surface area contributed by atoms with Crippen LogP contribution in [-0.4, -0.2) is 44.8 Å². The van der Waals surface area contributed by atoms with Gasteiger partial charge in [0.1, 0.15) is 29.1 Å². The number of ether oxygens (including phenoxy) is 2. The van der Waals surface area contributed by atoms with Crippen LogP contribution in [0.4, 0.5) is 10.6 Å². The summed E-state index contributed by atoms with van der Waals surface area (Å²) in [5.41, 5.74) is 0.469. The molecule has 4 aromatic rings. The molecule has 1 N–H and O–H groups in total. The molecule has 0 saturated heterocycles. The molecule has 0 aliphatic heterocycles. The smallest absolute Gasteiger partial charge is 0.422 e. The number of amides is 1. The maximum atomic E-state index is 14.3. The van der Waals surface area contributed by atoms with Gasteiger partial charge in [0, 0.05) is 30.6 Å². The lowest BCUT2D eigenvalue weighted by Crippen LogP contribution is -2.49. The number of fused-ring (bicyclic) bond motifs is 1. The van der Waals surface area contributed by atoms with E-state index in [-0.39, 0.29) is 51.4 Å². The summed E-state index contributed by atoms with van der Waals surface area (Å²) >= 11 is 0. The number of hydrogen-bond acceptors (Lipinski definition) is 7. The topological polar surface area (TPSA) is 126 Å². The van der Waals surface area contributed by atoms with Gasteiger partial charge in [-0.25, -0.2) is 24.1 Å². The van der Waals surface area contributed by atoms with Crippen LogP contribution in [0.1, 0.15) is 77.2 Å². The van der Waals surface area contributed by atoms with Gasteiger partial charge in [-0.15, -0.1) is 0 Å². The lowest BCUT2D eigenvalue weighted by molar-refractivity contribution is -0.0922. The van der Waals surface area contributed by atoms with Gasteiger partial charge in [-0.2, -0.15) is 5.26 Å². The number of nitriles is 1. The van der Waals surface area contributed by atoms with Crippen molar-refractivity contribution in [3.05, 3.63) is 65.9 Å². The second-order valence-electron chi connectivity index (χ2n) is 14.3. The average molecular weight is 611 g/mol. The predicted molar refractivity (Wildman–Crippen MR) is 172 cm³/mol. The van der Waals surface area contributed by atoms with E-state index in [1.165, 1.54) is 16.5 Å². The summed E-state index contributed by atoms with van der Waals surface area (Å²) in [6.07, 6.45) is 2.24. The molecule has 2 unspecified atom stereocenters. The molecule has 1 aliphatic rings. The quantitative estimate of drug-likeness (QED) is 0.232. The van der Waals surface area contributed by atoms with Crippen molar-refractivity contribution in [3.63, 3.8) is 0 Å². The van der Waals surface area contributed by atoms with Crippen molar-refractivity contribution < 1.29 is 19.1 Å². The minimum atomic E-state index is -0.790. The van der Waals surface area contributed by atoms with Crippen LogP contribution in [0.5, 0.6) is 5.88 Å². The normalized spacial score (nSPS) is 20.4. The van der Waals surface area contributed by atoms with E-state index in [9.17, 15) is 14.9 Å². The van der Waals surface area contributed by atoms with Crippen molar-refractivity contribution in [1.82, 2.24) is 19.6 Å². The maximum Gasteiger partial charge on any atom is 0.422 e. The van der Waals surface area contributed by atoms with Crippen LogP contribution in [0, 0.1) is 39.9 Å². The zero-order valence-corrected chi connectivity index (χ0v) is 27.3. The third-order valence-electron chi connectivity index (χ3n) is 8.93. The molecule has 3 aromatic heterocycles. The zero-order chi connectivity index (χ0) is 32.7. The number of nitrogens with zero attached hydrogens (tertiary/aromatic N) is 5. The average Bonchev–Trinajstić information content (AvgIpc) is 3.54. The van der Waals surface area contributed by atoms with E-state index in [2.05, 4.69) is 64.6 Å². The Kier molecular flexibility index (Phi) is 8.49. The first kappa shape index (κ1) is 31.8. The third kappa shape index (κ3) is 6.30. The van der Waals surface area contributed by atoms with E-state index < -0.39 is 12.1 Å². The molecule has 1 aliphatic carbocycles. The molecule has 236 valence electrons. The summed E-state index contributed by atoms with van der Waals surface area (Å²) in [5, 5.41) is 13.5. The van der Waals surface area contributed by atoms with Crippen LogP contribution in [0.25, 0.3) is 17.0 Å². The lowest BCUT2D eigenvalue weighted by atomic mass is 9.59. The fourth-order valence-corrected chi connectivity index (χ4v) is 6.45. The van der Waals surface area contributed by atoms with Crippen molar-refractivity contribution in [1.29, 1.82) is 5.26 Å². The number of rotatable bonds is 5. The van der Waals surface area contributed by atoms with Crippen molar-refractivity contribution in [2.75, 3.05) is 11.9 Å². The highest BCUT2D eigenvalue weighted by Gasteiger charge is 2.48. The fraction of sp³-hybridized carbons (Fsp3) is 0.457. The molecule has 1 fully saturated rings. The van der Waals surface area contributed by atoms with Gasteiger partial charge in [0.2, 0.25) is 5.88 Å². The standard InChI is InChI=1S/C35H42N6O4/c1-21-18-24(34(2,3)4)28(25(19-21)35(5,6)7)44-32(42)27-23(20-36)31(45-33(43)40(8)26-16-12-13-17-37-26)41-30(27)38-29(39-41)22-14-10-9-11-15-22/h9-17,21,24-25,28H,18-19H2,1-8H3,(H,38,39). The second-order valence-corrected chi connectivity index (χ2v) is 14.3. The summed E-state index contributed by atoms with van der Waals surface area (Å²) in [6, 6.07) is 16.6. The van der Waals surface area contributed by atoms with Gasteiger partial charge in [-0.3, -0.25) is 10.00 Å². The number of anilines is 1. The number of hydrogen-bond donors (Lipinski definition) is 1. The van der Waals surface area contributed by atoms with Gasteiger partial charge >= 0.3 is 12.1 Å². The summed E-state index contributed by atoms with van der Waals surface area (Å²) in [7, 11) is 1.52.